The number of aromatic nitrogens is 2. The molecule has 1 aromatic heterocycles. The number of likely N-dealkylation sites (N-methyl/N-ethyl adjacent to an activating group) is 1. The van der Waals surface area contributed by atoms with Crippen LogP contribution in [0.3, 0.4) is 0 Å². The Bertz CT molecular complexity index is 731. The Morgan fingerprint density at radius 3 is 2.58 bits per heavy atom. The minimum Gasteiger partial charge on any atom is -0.475 e. The van der Waals surface area contributed by atoms with E-state index in [0.717, 1.165) is 32.4 Å². The van der Waals surface area contributed by atoms with Gasteiger partial charge >= 0.3 is 12.1 Å². The minimum atomic E-state index is -5.08. The van der Waals surface area contributed by atoms with E-state index in [9.17, 15) is 21.6 Å². The molecule has 2 heterocycles. The van der Waals surface area contributed by atoms with Crippen molar-refractivity contribution in [1.29, 1.82) is 0 Å². The highest BCUT2D eigenvalue weighted by molar-refractivity contribution is 7.90. The third kappa shape index (κ3) is 5.68. The first-order valence-electron chi connectivity index (χ1n) is 8.00. The topological polar surface area (TPSA) is 105 Å². The molecule has 0 aromatic carbocycles. The highest BCUT2D eigenvalue weighted by atomic mass is 32.2. The summed E-state index contributed by atoms with van der Waals surface area (Å²) in [7, 11) is -0.977. The second-order valence-corrected chi connectivity index (χ2v) is 8.39. The molecule has 1 unspecified atom stereocenters. The predicted molar refractivity (Wildman–Crippen MR) is 85.9 cm³/mol. The number of alkyl halides is 3. The molecule has 1 aliphatic heterocycles. The molecule has 0 saturated heterocycles. The van der Waals surface area contributed by atoms with Gasteiger partial charge in [-0.15, -0.1) is 0 Å². The minimum absolute atomic E-state index is 0.137. The lowest BCUT2D eigenvalue weighted by molar-refractivity contribution is -0.192. The van der Waals surface area contributed by atoms with Gasteiger partial charge in [-0.2, -0.15) is 18.3 Å². The Hall–Kier alpha value is -1.66. The van der Waals surface area contributed by atoms with Gasteiger partial charge in [-0.3, -0.25) is 9.58 Å². The number of nitrogens with zero attached hydrogens (tertiary/aromatic N) is 3. The molecule has 148 valence electrons. The number of hydrogen-bond acceptors (Lipinski definition) is 5. The van der Waals surface area contributed by atoms with E-state index < -0.39 is 22.2 Å². The van der Waals surface area contributed by atoms with Crippen LogP contribution in [-0.4, -0.2) is 65.7 Å². The molecule has 0 bridgehead atoms. The smallest absolute Gasteiger partial charge is 0.475 e. The van der Waals surface area contributed by atoms with Crippen molar-refractivity contribution in [2.75, 3.05) is 20.1 Å². The van der Waals surface area contributed by atoms with Gasteiger partial charge in [0.05, 0.1) is 17.0 Å². The largest absolute Gasteiger partial charge is 0.490 e. The number of aliphatic carboxylic acids is 1. The Kier molecular flexibility index (Phi) is 6.29. The number of carboxylic acids is 1. The van der Waals surface area contributed by atoms with Crippen molar-refractivity contribution in [3.8, 4) is 0 Å². The van der Waals surface area contributed by atoms with E-state index >= 15 is 0 Å². The molecule has 2 aliphatic rings. The number of fused-ring (bicyclic) bond motifs is 1. The Labute approximate surface area is 149 Å². The van der Waals surface area contributed by atoms with Crippen LogP contribution < -0.4 is 4.72 Å². The van der Waals surface area contributed by atoms with Crippen molar-refractivity contribution >= 4 is 16.0 Å². The zero-order valence-electron chi connectivity index (χ0n) is 14.1. The lowest BCUT2D eigenvalue weighted by atomic mass is 10.1. The van der Waals surface area contributed by atoms with E-state index in [2.05, 4.69) is 21.8 Å². The number of carboxylic acid groups (broad SMARTS) is 1. The van der Waals surface area contributed by atoms with Gasteiger partial charge in [0.2, 0.25) is 10.0 Å². The molecular formula is C14H21F3N4O4S. The van der Waals surface area contributed by atoms with Gasteiger partial charge in [0.1, 0.15) is 0 Å². The first-order valence-corrected chi connectivity index (χ1v) is 9.55. The zero-order valence-corrected chi connectivity index (χ0v) is 14.9. The van der Waals surface area contributed by atoms with Crippen LogP contribution in [0.15, 0.2) is 12.3 Å². The van der Waals surface area contributed by atoms with Crippen LogP contribution in [0.1, 0.15) is 31.0 Å². The summed E-state index contributed by atoms with van der Waals surface area (Å²) < 4.78 is 60.0. The molecule has 26 heavy (non-hydrogen) atoms. The van der Waals surface area contributed by atoms with Crippen molar-refractivity contribution in [3.63, 3.8) is 0 Å². The van der Waals surface area contributed by atoms with Gasteiger partial charge in [0, 0.05) is 25.8 Å². The molecule has 8 nitrogen and oxygen atoms in total. The highest BCUT2D eigenvalue weighted by Gasteiger charge is 2.38. The normalized spacial score (nSPS) is 20.8. The zero-order chi connectivity index (χ0) is 19.5. The molecule has 3 rings (SSSR count). The number of nitrogens with one attached hydrogen (secondary N) is 1. The summed E-state index contributed by atoms with van der Waals surface area (Å²) in [5.41, 5.74) is 1.20. The van der Waals surface area contributed by atoms with Crippen LogP contribution in [0, 0.1) is 0 Å². The van der Waals surface area contributed by atoms with Gasteiger partial charge in [-0.05, 0) is 32.4 Å². The first-order chi connectivity index (χ1) is 12.0. The van der Waals surface area contributed by atoms with Crippen LogP contribution in [0.25, 0.3) is 0 Å². The van der Waals surface area contributed by atoms with E-state index in [4.69, 9.17) is 9.90 Å². The van der Waals surface area contributed by atoms with Crippen molar-refractivity contribution < 1.29 is 31.5 Å². The molecule has 2 N–H and O–H groups in total. The Morgan fingerprint density at radius 1 is 1.42 bits per heavy atom. The van der Waals surface area contributed by atoms with E-state index in [1.165, 1.54) is 5.69 Å². The maximum Gasteiger partial charge on any atom is 0.490 e. The lowest BCUT2D eigenvalue weighted by Crippen LogP contribution is -2.37. The van der Waals surface area contributed by atoms with Gasteiger partial charge < -0.3 is 5.11 Å². The summed E-state index contributed by atoms with van der Waals surface area (Å²) in [4.78, 5) is 11.1. The number of halogens is 3. The van der Waals surface area contributed by atoms with Crippen molar-refractivity contribution in [2.24, 2.45) is 0 Å². The van der Waals surface area contributed by atoms with E-state index in [0.29, 0.717) is 6.54 Å². The second-order valence-electron chi connectivity index (χ2n) is 6.35. The molecule has 1 saturated carbocycles. The standard InChI is InChI=1S/C12H20N4O2S.C2HF3O2/c1-15-8-10-4-6-13-16(10)11(9-15)5-7-14-19(17,18)12-2-3-12;3-2(4,5)1(6)7/h4,6,11-12,14H,2-3,5,7-9H2,1H3;(H,6,7). The number of sulfonamides is 1. The van der Waals surface area contributed by atoms with Crippen LogP contribution in [0.4, 0.5) is 13.2 Å². The molecule has 0 amide bonds. The average Bonchev–Trinajstić information content (AvgIpc) is 3.27. The fourth-order valence-corrected chi connectivity index (χ4v) is 4.05. The molecule has 1 aliphatic carbocycles. The van der Waals surface area contributed by atoms with Gasteiger partial charge in [-0.1, -0.05) is 0 Å². The first kappa shape index (κ1) is 20.6. The third-order valence-corrected chi connectivity index (χ3v) is 5.99. The Balaban J connectivity index is 0.000000298. The summed E-state index contributed by atoms with van der Waals surface area (Å²) >= 11 is 0. The monoisotopic (exact) mass is 398 g/mol. The molecule has 12 heteroatoms. The number of carbonyl (C=O) groups is 1. The number of hydrogen-bond donors (Lipinski definition) is 2. The van der Waals surface area contributed by atoms with Gasteiger partial charge in [-0.25, -0.2) is 17.9 Å². The second kappa shape index (κ2) is 7.92. The molecule has 1 fully saturated rings. The molecule has 0 radical (unpaired) electrons. The summed E-state index contributed by atoms with van der Waals surface area (Å²) in [6, 6.07) is 2.28. The summed E-state index contributed by atoms with van der Waals surface area (Å²) in [6.45, 7) is 2.32. The van der Waals surface area contributed by atoms with E-state index in [1.807, 2.05) is 16.9 Å². The lowest BCUT2D eigenvalue weighted by Gasteiger charge is -2.31. The average molecular weight is 398 g/mol. The maximum absolute atomic E-state index is 11.8. The SMILES string of the molecule is CN1Cc2ccnn2C(CCNS(=O)(=O)C2CC2)C1.O=C(O)C(F)(F)F. The quantitative estimate of drug-likeness (QED) is 0.766. The molecular weight excluding hydrogens is 377 g/mol. The molecule has 0 spiro atoms. The van der Waals surface area contributed by atoms with E-state index in [1.54, 1.807) is 0 Å². The fraction of sp³-hybridized carbons (Fsp3) is 0.714. The maximum atomic E-state index is 11.8. The molecule has 1 aromatic rings. The summed E-state index contributed by atoms with van der Waals surface area (Å²) in [5.74, 6) is -2.76. The Morgan fingerprint density at radius 2 is 2.04 bits per heavy atom. The van der Waals surface area contributed by atoms with Crippen LogP contribution in [0.5, 0.6) is 0 Å². The van der Waals surface area contributed by atoms with E-state index in [-0.39, 0.29) is 11.3 Å². The predicted octanol–water partition coefficient (Wildman–Crippen LogP) is 0.975. The van der Waals surface area contributed by atoms with Crippen LogP contribution in [-0.2, 0) is 21.4 Å². The number of rotatable bonds is 5. The van der Waals surface area contributed by atoms with Crippen molar-refractivity contribution in [1.82, 2.24) is 19.4 Å². The summed E-state index contributed by atoms with van der Waals surface area (Å²) in [6.07, 6.45) is -0.865. The van der Waals surface area contributed by atoms with Crippen molar-refractivity contribution in [2.45, 2.75) is 43.3 Å². The van der Waals surface area contributed by atoms with Gasteiger partial charge in [0.15, 0.2) is 0 Å². The van der Waals surface area contributed by atoms with Crippen LogP contribution >= 0.6 is 0 Å². The molecule has 1 atom stereocenters. The van der Waals surface area contributed by atoms with Crippen molar-refractivity contribution in [3.05, 3.63) is 18.0 Å². The van der Waals surface area contributed by atoms with Gasteiger partial charge in [0.25, 0.3) is 0 Å². The fourth-order valence-electron chi connectivity index (χ4n) is 2.65. The van der Waals surface area contributed by atoms with Crippen LogP contribution in [0.2, 0.25) is 0 Å². The third-order valence-electron chi connectivity index (χ3n) is 4.04. The summed E-state index contributed by atoms with van der Waals surface area (Å²) in [5, 5.41) is 11.3. The highest BCUT2D eigenvalue weighted by Crippen LogP contribution is 2.27.